The topological polar surface area (TPSA) is 29.3 Å². The molecule has 0 saturated heterocycles. The zero-order valence-electron chi connectivity index (χ0n) is 9.78. The van der Waals surface area contributed by atoms with Gasteiger partial charge in [0.1, 0.15) is 0 Å². The Morgan fingerprint density at radius 3 is 2.31 bits per heavy atom. The van der Waals surface area contributed by atoms with Crippen LogP contribution >= 0.6 is 0 Å². The Kier molecular flexibility index (Phi) is 2.49. The van der Waals surface area contributed by atoms with E-state index in [4.69, 9.17) is 5.73 Å². The average Bonchev–Trinajstić information content (AvgIpc) is 2.87. The van der Waals surface area contributed by atoms with Gasteiger partial charge in [0.15, 0.2) is 0 Å². The van der Waals surface area contributed by atoms with Gasteiger partial charge in [0.2, 0.25) is 0 Å². The molecule has 1 fully saturated rings. The molecular formula is C14H20N2. The van der Waals surface area contributed by atoms with Crippen molar-refractivity contribution in [3.05, 3.63) is 35.4 Å². The van der Waals surface area contributed by atoms with Gasteiger partial charge in [0.05, 0.1) is 0 Å². The van der Waals surface area contributed by atoms with Crippen LogP contribution in [-0.2, 0) is 13.1 Å². The third kappa shape index (κ3) is 2.13. The van der Waals surface area contributed by atoms with Crippen LogP contribution in [0, 0.1) is 0 Å². The van der Waals surface area contributed by atoms with E-state index in [1.165, 1.54) is 43.4 Å². The van der Waals surface area contributed by atoms with Crippen molar-refractivity contribution in [3.8, 4) is 0 Å². The zero-order chi connectivity index (χ0) is 11.0. The van der Waals surface area contributed by atoms with Crippen LogP contribution in [0.3, 0.4) is 0 Å². The standard InChI is InChI=1S/C14H20N2/c15-14(7-8-14)6-3-9-16-10-12-4-1-2-5-13(12)11-16/h1-2,4-5H,3,6-11,15H2. The predicted octanol–water partition coefficient (Wildman–Crippen LogP) is 2.27. The largest absolute Gasteiger partial charge is 0.325 e. The molecule has 2 nitrogen and oxygen atoms in total. The van der Waals surface area contributed by atoms with Crippen LogP contribution in [0.15, 0.2) is 24.3 Å². The maximum atomic E-state index is 6.10. The summed E-state index contributed by atoms with van der Waals surface area (Å²) in [7, 11) is 0. The Bertz CT molecular complexity index is 357. The first kappa shape index (κ1) is 10.3. The molecular weight excluding hydrogens is 196 g/mol. The van der Waals surface area contributed by atoms with Crippen LogP contribution in [0.25, 0.3) is 0 Å². The van der Waals surface area contributed by atoms with Gasteiger partial charge in [-0.05, 0) is 43.4 Å². The summed E-state index contributed by atoms with van der Waals surface area (Å²) in [5.41, 5.74) is 9.35. The van der Waals surface area contributed by atoms with Gasteiger partial charge in [-0.1, -0.05) is 24.3 Å². The summed E-state index contributed by atoms with van der Waals surface area (Å²) in [6.07, 6.45) is 4.95. The summed E-state index contributed by atoms with van der Waals surface area (Å²) >= 11 is 0. The van der Waals surface area contributed by atoms with Crippen molar-refractivity contribution in [2.24, 2.45) is 5.73 Å². The lowest BCUT2D eigenvalue weighted by atomic mass is 10.1. The van der Waals surface area contributed by atoms with Crippen molar-refractivity contribution >= 4 is 0 Å². The molecule has 0 spiro atoms. The van der Waals surface area contributed by atoms with E-state index in [0.29, 0.717) is 0 Å². The first-order chi connectivity index (χ1) is 7.75. The van der Waals surface area contributed by atoms with Crippen molar-refractivity contribution < 1.29 is 0 Å². The molecule has 2 N–H and O–H groups in total. The third-order valence-corrected chi connectivity index (χ3v) is 3.95. The van der Waals surface area contributed by atoms with Crippen LogP contribution < -0.4 is 5.73 Å². The molecule has 2 heteroatoms. The SMILES string of the molecule is NC1(CCCN2Cc3ccccc3C2)CC1. The summed E-state index contributed by atoms with van der Waals surface area (Å²) in [4.78, 5) is 2.54. The Labute approximate surface area is 97.4 Å². The number of nitrogens with zero attached hydrogens (tertiary/aromatic N) is 1. The number of fused-ring (bicyclic) bond motifs is 1. The lowest BCUT2D eigenvalue weighted by Crippen LogP contribution is -2.24. The predicted molar refractivity (Wildman–Crippen MR) is 65.9 cm³/mol. The molecule has 1 aliphatic heterocycles. The molecule has 0 bridgehead atoms. The molecule has 0 aromatic heterocycles. The second kappa shape index (κ2) is 3.86. The number of hydrogen-bond acceptors (Lipinski definition) is 2. The fraction of sp³-hybridized carbons (Fsp3) is 0.571. The van der Waals surface area contributed by atoms with E-state index in [9.17, 15) is 0 Å². The summed E-state index contributed by atoms with van der Waals surface area (Å²) in [5.74, 6) is 0. The first-order valence-corrected chi connectivity index (χ1v) is 6.33. The lowest BCUT2D eigenvalue weighted by molar-refractivity contribution is 0.273. The molecule has 1 aromatic carbocycles. The fourth-order valence-corrected chi connectivity index (χ4v) is 2.63. The number of nitrogens with two attached hydrogens (primary N) is 1. The lowest BCUT2D eigenvalue weighted by Gasteiger charge is -2.16. The van der Waals surface area contributed by atoms with Crippen molar-refractivity contribution in [2.75, 3.05) is 6.54 Å². The Hall–Kier alpha value is -0.860. The van der Waals surface area contributed by atoms with Gasteiger partial charge in [-0.2, -0.15) is 0 Å². The van der Waals surface area contributed by atoms with Gasteiger partial charge in [0, 0.05) is 18.6 Å². The van der Waals surface area contributed by atoms with Crippen LogP contribution in [0.1, 0.15) is 36.8 Å². The molecule has 1 saturated carbocycles. The highest BCUT2D eigenvalue weighted by molar-refractivity contribution is 5.30. The maximum Gasteiger partial charge on any atom is 0.0240 e. The third-order valence-electron chi connectivity index (χ3n) is 3.95. The van der Waals surface area contributed by atoms with Gasteiger partial charge >= 0.3 is 0 Å². The van der Waals surface area contributed by atoms with Crippen molar-refractivity contribution in [3.63, 3.8) is 0 Å². The van der Waals surface area contributed by atoms with Crippen molar-refractivity contribution in [1.29, 1.82) is 0 Å². The second-order valence-electron chi connectivity index (χ2n) is 5.45. The summed E-state index contributed by atoms with van der Waals surface area (Å²) in [6.45, 7) is 3.47. The molecule has 0 unspecified atom stereocenters. The summed E-state index contributed by atoms with van der Waals surface area (Å²) in [5, 5.41) is 0. The van der Waals surface area contributed by atoms with E-state index >= 15 is 0 Å². The molecule has 0 radical (unpaired) electrons. The van der Waals surface area contributed by atoms with E-state index in [2.05, 4.69) is 29.2 Å². The van der Waals surface area contributed by atoms with Crippen LogP contribution in [0.2, 0.25) is 0 Å². The molecule has 0 atom stereocenters. The smallest absolute Gasteiger partial charge is 0.0240 e. The summed E-state index contributed by atoms with van der Waals surface area (Å²) < 4.78 is 0. The van der Waals surface area contributed by atoms with E-state index in [1.54, 1.807) is 0 Å². The first-order valence-electron chi connectivity index (χ1n) is 6.33. The minimum atomic E-state index is 0.229. The highest BCUT2D eigenvalue weighted by atomic mass is 15.1. The molecule has 3 rings (SSSR count). The van der Waals surface area contributed by atoms with Crippen LogP contribution in [-0.4, -0.2) is 17.0 Å². The Balaban J connectivity index is 1.48. The van der Waals surface area contributed by atoms with Crippen LogP contribution in [0.4, 0.5) is 0 Å². The van der Waals surface area contributed by atoms with E-state index < -0.39 is 0 Å². The van der Waals surface area contributed by atoms with Crippen molar-refractivity contribution in [2.45, 2.75) is 44.3 Å². The van der Waals surface area contributed by atoms with E-state index in [1.807, 2.05) is 0 Å². The normalized spacial score (nSPS) is 22.1. The highest BCUT2D eigenvalue weighted by Gasteiger charge is 2.37. The quantitative estimate of drug-likeness (QED) is 0.836. The molecule has 86 valence electrons. The van der Waals surface area contributed by atoms with Gasteiger partial charge in [-0.25, -0.2) is 0 Å². The summed E-state index contributed by atoms with van der Waals surface area (Å²) in [6, 6.07) is 8.78. The van der Waals surface area contributed by atoms with Crippen molar-refractivity contribution in [1.82, 2.24) is 4.90 Å². The number of hydrogen-bond donors (Lipinski definition) is 1. The van der Waals surface area contributed by atoms with E-state index in [0.717, 1.165) is 13.1 Å². The number of benzene rings is 1. The van der Waals surface area contributed by atoms with Gasteiger partial charge in [0.25, 0.3) is 0 Å². The van der Waals surface area contributed by atoms with Gasteiger partial charge < -0.3 is 5.73 Å². The van der Waals surface area contributed by atoms with Gasteiger partial charge in [-0.3, -0.25) is 4.90 Å². The Morgan fingerprint density at radius 2 is 1.75 bits per heavy atom. The molecule has 16 heavy (non-hydrogen) atoms. The molecule has 1 heterocycles. The molecule has 2 aliphatic rings. The maximum absolute atomic E-state index is 6.10. The molecule has 1 aromatic rings. The fourth-order valence-electron chi connectivity index (χ4n) is 2.63. The Morgan fingerprint density at radius 1 is 1.12 bits per heavy atom. The highest BCUT2D eigenvalue weighted by Crippen LogP contribution is 2.36. The minimum Gasteiger partial charge on any atom is -0.325 e. The minimum absolute atomic E-state index is 0.229. The van der Waals surface area contributed by atoms with Gasteiger partial charge in [-0.15, -0.1) is 0 Å². The van der Waals surface area contributed by atoms with Crippen LogP contribution in [0.5, 0.6) is 0 Å². The monoisotopic (exact) mass is 216 g/mol. The molecule has 0 amide bonds. The average molecular weight is 216 g/mol. The second-order valence-corrected chi connectivity index (χ2v) is 5.45. The molecule has 1 aliphatic carbocycles. The zero-order valence-corrected chi connectivity index (χ0v) is 9.78. The number of rotatable bonds is 4. The van der Waals surface area contributed by atoms with E-state index in [-0.39, 0.29) is 5.54 Å².